The Morgan fingerprint density at radius 2 is 2.00 bits per heavy atom. The number of thiophene rings is 1. The van der Waals surface area contributed by atoms with E-state index >= 15 is 0 Å². The van der Waals surface area contributed by atoms with Gasteiger partial charge in [-0.05, 0) is 50.2 Å². The lowest BCUT2D eigenvalue weighted by molar-refractivity contribution is -0.124. The molecule has 0 bridgehead atoms. The summed E-state index contributed by atoms with van der Waals surface area (Å²) in [6, 6.07) is 1.68. The fourth-order valence-electron chi connectivity index (χ4n) is 3.10. The van der Waals surface area contributed by atoms with Gasteiger partial charge in [-0.15, -0.1) is 11.3 Å². The van der Waals surface area contributed by atoms with E-state index in [4.69, 9.17) is 0 Å². The second-order valence-electron chi connectivity index (χ2n) is 5.93. The van der Waals surface area contributed by atoms with Crippen molar-refractivity contribution in [1.82, 2.24) is 10.6 Å². The minimum atomic E-state index is -0.365. The molecule has 1 aromatic heterocycles. The van der Waals surface area contributed by atoms with Crippen molar-refractivity contribution in [3.63, 3.8) is 0 Å². The number of hydrogen-bond acceptors (Lipinski definition) is 3. The molecule has 1 fully saturated rings. The van der Waals surface area contributed by atoms with E-state index < -0.39 is 0 Å². The Balaban J connectivity index is 1.69. The molecule has 1 atom stereocenters. The Bertz CT molecular complexity index is 513. The fraction of sp³-hybridized carbons (Fsp3) is 0.625. The van der Waals surface area contributed by atoms with E-state index in [0.29, 0.717) is 0 Å². The van der Waals surface area contributed by atoms with Crippen LogP contribution in [0.4, 0.5) is 0 Å². The van der Waals surface area contributed by atoms with Gasteiger partial charge in [-0.2, -0.15) is 0 Å². The minimum Gasteiger partial charge on any atom is -0.354 e. The molecule has 3 rings (SSSR count). The molecule has 0 spiro atoms. The van der Waals surface area contributed by atoms with Gasteiger partial charge in [0.15, 0.2) is 0 Å². The number of carbonyl (C=O) groups is 2. The molecular weight excluding hydrogens is 284 g/mol. The summed E-state index contributed by atoms with van der Waals surface area (Å²) >= 11 is 1.61. The van der Waals surface area contributed by atoms with Gasteiger partial charge in [0, 0.05) is 11.4 Å². The number of nitrogens with one attached hydrogen (secondary N) is 2. The van der Waals surface area contributed by atoms with Gasteiger partial charge in [-0.25, -0.2) is 0 Å². The Morgan fingerprint density at radius 1 is 1.19 bits per heavy atom. The molecule has 1 aliphatic carbocycles. The zero-order valence-corrected chi connectivity index (χ0v) is 13.1. The lowest BCUT2D eigenvalue weighted by Crippen LogP contribution is -2.50. The number of fused-ring (bicyclic) bond motifs is 1. The van der Waals surface area contributed by atoms with Gasteiger partial charge in [0.1, 0.15) is 6.04 Å². The van der Waals surface area contributed by atoms with Gasteiger partial charge in [-0.3, -0.25) is 9.59 Å². The molecule has 4 nitrogen and oxygen atoms in total. The molecule has 5 heteroatoms. The predicted molar refractivity (Wildman–Crippen MR) is 83.7 cm³/mol. The van der Waals surface area contributed by atoms with Crippen LogP contribution in [0.15, 0.2) is 6.07 Å². The summed E-state index contributed by atoms with van der Waals surface area (Å²) in [6.07, 6.45) is 8.87. The van der Waals surface area contributed by atoms with Crippen molar-refractivity contribution in [3.8, 4) is 0 Å². The number of carbonyl (C=O) groups excluding carboxylic acids is 2. The van der Waals surface area contributed by atoms with E-state index in [0.717, 1.165) is 37.1 Å². The van der Waals surface area contributed by atoms with Gasteiger partial charge in [-0.1, -0.05) is 12.8 Å². The summed E-state index contributed by atoms with van der Waals surface area (Å²) in [5.74, 6) is -0.140. The smallest absolute Gasteiger partial charge is 0.262 e. The molecule has 1 aliphatic heterocycles. The molecule has 114 valence electrons. The lowest BCUT2D eigenvalue weighted by atomic mass is 9.99. The number of piperidine rings is 1. The molecule has 2 aliphatic rings. The van der Waals surface area contributed by atoms with Crippen LogP contribution in [0.25, 0.3) is 0 Å². The number of amides is 2. The van der Waals surface area contributed by atoms with Crippen molar-refractivity contribution in [1.29, 1.82) is 0 Å². The zero-order valence-electron chi connectivity index (χ0n) is 12.2. The highest BCUT2D eigenvalue weighted by molar-refractivity contribution is 7.14. The highest BCUT2D eigenvalue weighted by atomic mass is 32.1. The Labute approximate surface area is 129 Å². The fourth-order valence-corrected chi connectivity index (χ4v) is 4.25. The van der Waals surface area contributed by atoms with Crippen LogP contribution < -0.4 is 10.6 Å². The Hall–Kier alpha value is -1.36. The van der Waals surface area contributed by atoms with Crippen LogP contribution in [-0.2, 0) is 17.6 Å². The average molecular weight is 306 g/mol. The van der Waals surface area contributed by atoms with Crippen LogP contribution in [-0.4, -0.2) is 24.4 Å². The van der Waals surface area contributed by atoms with Gasteiger partial charge in [0.25, 0.3) is 5.91 Å². The molecule has 0 aromatic carbocycles. The van der Waals surface area contributed by atoms with Gasteiger partial charge >= 0.3 is 0 Å². The third-order valence-corrected chi connectivity index (χ3v) is 5.55. The molecule has 1 aromatic rings. The summed E-state index contributed by atoms with van der Waals surface area (Å²) in [7, 11) is 0. The van der Waals surface area contributed by atoms with E-state index in [2.05, 4.69) is 10.6 Å². The zero-order chi connectivity index (χ0) is 14.7. The van der Waals surface area contributed by atoms with Crippen molar-refractivity contribution >= 4 is 23.2 Å². The van der Waals surface area contributed by atoms with Crippen molar-refractivity contribution in [2.75, 3.05) is 6.54 Å². The Kier molecular flexibility index (Phi) is 4.58. The van der Waals surface area contributed by atoms with E-state index in [1.807, 2.05) is 6.07 Å². The molecular formula is C16H22N2O2S. The van der Waals surface area contributed by atoms with Crippen molar-refractivity contribution in [2.24, 2.45) is 0 Å². The van der Waals surface area contributed by atoms with Crippen molar-refractivity contribution in [2.45, 2.75) is 57.4 Å². The van der Waals surface area contributed by atoms with Gasteiger partial charge < -0.3 is 10.6 Å². The predicted octanol–water partition coefficient (Wildman–Crippen LogP) is 2.42. The third-order valence-electron chi connectivity index (χ3n) is 4.31. The maximum absolute atomic E-state index is 12.4. The van der Waals surface area contributed by atoms with Crippen LogP contribution in [0.1, 0.15) is 58.6 Å². The van der Waals surface area contributed by atoms with E-state index in [1.165, 1.54) is 36.1 Å². The summed E-state index contributed by atoms with van der Waals surface area (Å²) < 4.78 is 0. The van der Waals surface area contributed by atoms with Crippen LogP contribution in [0.2, 0.25) is 0 Å². The maximum atomic E-state index is 12.4. The molecule has 2 amide bonds. The molecule has 21 heavy (non-hydrogen) atoms. The van der Waals surface area contributed by atoms with Crippen LogP contribution >= 0.6 is 11.3 Å². The van der Waals surface area contributed by atoms with Crippen molar-refractivity contribution < 1.29 is 9.59 Å². The quantitative estimate of drug-likeness (QED) is 0.881. The topological polar surface area (TPSA) is 58.2 Å². The number of aryl methyl sites for hydroxylation is 2. The summed E-state index contributed by atoms with van der Waals surface area (Å²) in [4.78, 5) is 26.2. The lowest BCUT2D eigenvalue weighted by Gasteiger charge is -2.22. The monoisotopic (exact) mass is 306 g/mol. The largest absolute Gasteiger partial charge is 0.354 e. The van der Waals surface area contributed by atoms with Crippen molar-refractivity contribution in [3.05, 3.63) is 21.4 Å². The Morgan fingerprint density at radius 3 is 2.81 bits per heavy atom. The minimum absolute atomic E-state index is 0.0514. The first kappa shape index (κ1) is 14.6. The standard InChI is InChI=1S/C16H22N2O2S/c19-15-12(7-5-9-17-15)18-16(20)14-10-11-6-3-1-2-4-8-13(11)21-14/h10,12H,1-9H2,(H,17,19)(H,18,20). The van der Waals surface area contributed by atoms with Crippen LogP contribution in [0.5, 0.6) is 0 Å². The molecule has 2 N–H and O–H groups in total. The summed E-state index contributed by atoms with van der Waals surface area (Å²) in [5, 5.41) is 5.69. The van der Waals surface area contributed by atoms with Gasteiger partial charge in [0.05, 0.1) is 4.88 Å². The summed E-state index contributed by atoms with van der Waals surface area (Å²) in [5.41, 5.74) is 1.35. The van der Waals surface area contributed by atoms with E-state index in [1.54, 1.807) is 11.3 Å². The SMILES string of the molecule is O=C(NC1CCCNC1=O)c1cc2c(s1)CCCCCC2. The first-order valence-corrected chi connectivity index (χ1v) is 8.76. The van der Waals surface area contributed by atoms with Gasteiger partial charge in [0.2, 0.25) is 5.91 Å². The average Bonchev–Trinajstić information content (AvgIpc) is 2.84. The molecule has 2 heterocycles. The van der Waals surface area contributed by atoms with E-state index in [9.17, 15) is 9.59 Å². The first-order valence-electron chi connectivity index (χ1n) is 7.94. The second-order valence-corrected chi connectivity index (χ2v) is 7.07. The third kappa shape index (κ3) is 3.46. The highest BCUT2D eigenvalue weighted by Crippen LogP contribution is 2.28. The second kappa shape index (κ2) is 6.60. The molecule has 0 saturated carbocycles. The molecule has 1 saturated heterocycles. The number of hydrogen-bond donors (Lipinski definition) is 2. The normalized spacial score (nSPS) is 22.7. The van der Waals surface area contributed by atoms with Crippen LogP contribution in [0.3, 0.4) is 0 Å². The highest BCUT2D eigenvalue weighted by Gasteiger charge is 2.25. The molecule has 1 unspecified atom stereocenters. The number of rotatable bonds is 2. The molecule has 0 radical (unpaired) electrons. The first-order chi connectivity index (χ1) is 10.2. The van der Waals surface area contributed by atoms with Crippen LogP contribution in [0, 0.1) is 0 Å². The van der Waals surface area contributed by atoms with E-state index in [-0.39, 0.29) is 17.9 Å². The summed E-state index contributed by atoms with van der Waals surface area (Å²) in [6.45, 7) is 0.721. The maximum Gasteiger partial charge on any atom is 0.262 e.